The van der Waals surface area contributed by atoms with Crippen LogP contribution in [-0.2, 0) is 14.1 Å². The number of hydrogen-bond donors (Lipinski definition) is 2. The van der Waals surface area contributed by atoms with Crippen molar-refractivity contribution in [3.05, 3.63) is 62.6 Å². The van der Waals surface area contributed by atoms with E-state index in [0.29, 0.717) is 11.7 Å². The van der Waals surface area contributed by atoms with Crippen LogP contribution < -0.4 is 21.9 Å². The van der Waals surface area contributed by atoms with E-state index in [0.717, 1.165) is 23.0 Å². The summed E-state index contributed by atoms with van der Waals surface area (Å²) in [6.45, 7) is 5.73. The first-order chi connectivity index (χ1) is 11.8. The molecule has 2 N–H and O–H groups in total. The molecule has 0 amide bonds. The van der Waals surface area contributed by atoms with Crippen LogP contribution in [0.15, 0.2) is 34.4 Å². The molecule has 6 nitrogen and oxygen atoms in total. The second-order valence-electron chi connectivity index (χ2n) is 6.43. The molecule has 1 fully saturated rings. The van der Waals surface area contributed by atoms with Crippen molar-refractivity contribution in [3.8, 4) is 0 Å². The summed E-state index contributed by atoms with van der Waals surface area (Å²) < 4.78 is 16.5. The van der Waals surface area contributed by atoms with Crippen LogP contribution in [-0.4, -0.2) is 15.2 Å². The molecule has 1 aromatic carbocycles. The standard InChI is InChI=1S/C18H21FN4O2/c1-10-5-8-14(13(19)9-10)21-16-15(11(2)20-12-6-7-12)17(24)23(4)18(25)22(16)3/h5,8-9,12,20-21H,2,6-7H2,1,3-4H3. The maximum absolute atomic E-state index is 14.2. The van der Waals surface area contributed by atoms with Gasteiger partial charge in [0.15, 0.2) is 0 Å². The molecule has 1 aliphatic rings. The Morgan fingerprint density at radius 1 is 1.24 bits per heavy atom. The molecular formula is C18H21FN4O2. The molecule has 3 rings (SSSR count). The van der Waals surface area contributed by atoms with Crippen LogP contribution >= 0.6 is 0 Å². The summed E-state index contributed by atoms with van der Waals surface area (Å²) in [5, 5.41) is 6.07. The molecule has 1 heterocycles. The number of halogens is 1. The number of nitrogens with zero attached hydrogens (tertiary/aromatic N) is 2. The molecule has 0 aliphatic heterocycles. The summed E-state index contributed by atoms with van der Waals surface area (Å²) in [6.07, 6.45) is 2.03. The first-order valence-electron chi connectivity index (χ1n) is 8.08. The van der Waals surface area contributed by atoms with Gasteiger partial charge in [-0.25, -0.2) is 9.18 Å². The lowest BCUT2D eigenvalue weighted by atomic mass is 10.2. The van der Waals surface area contributed by atoms with E-state index in [1.54, 1.807) is 19.1 Å². The van der Waals surface area contributed by atoms with Gasteiger partial charge in [-0.15, -0.1) is 0 Å². The van der Waals surface area contributed by atoms with Crippen molar-refractivity contribution in [1.82, 2.24) is 14.5 Å². The zero-order valence-electron chi connectivity index (χ0n) is 14.5. The molecule has 0 atom stereocenters. The van der Waals surface area contributed by atoms with Gasteiger partial charge in [-0.2, -0.15) is 0 Å². The molecule has 2 aromatic rings. The van der Waals surface area contributed by atoms with Gasteiger partial charge in [0.1, 0.15) is 17.2 Å². The molecule has 1 saturated carbocycles. The number of hydrogen-bond acceptors (Lipinski definition) is 4. The van der Waals surface area contributed by atoms with Gasteiger partial charge in [0.2, 0.25) is 0 Å². The van der Waals surface area contributed by atoms with Crippen molar-refractivity contribution in [1.29, 1.82) is 0 Å². The summed E-state index contributed by atoms with van der Waals surface area (Å²) in [5.41, 5.74) is 0.653. The smallest absolute Gasteiger partial charge is 0.332 e. The lowest BCUT2D eigenvalue weighted by Crippen LogP contribution is -2.41. The van der Waals surface area contributed by atoms with E-state index >= 15 is 0 Å². The van der Waals surface area contributed by atoms with Gasteiger partial charge in [0.05, 0.1) is 5.69 Å². The number of anilines is 2. The van der Waals surface area contributed by atoms with Crippen LogP contribution in [0.1, 0.15) is 24.0 Å². The first kappa shape index (κ1) is 17.0. The highest BCUT2D eigenvalue weighted by molar-refractivity contribution is 5.75. The summed E-state index contributed by atoms with van der Waals surface area (Å²) in [4.78, 5) is 24.9. The van der Waals surface area contributed by atoms with E-state index in [1.807, 2.05) is 0 Å². The Morgan fingerprint density at radius 2 is 1.92 bits per heavy atom. The molecule has 1 aromatic heterocycles. The Balaban J connectivity index is 2.14. The minimum atomic E-state index is -0.497. The van der Waals surface area contributed by atoms with Gasteiger partial charge >= 0.3 is 5.69 Å². The highest BCUT2D eigenvalue weighted by Gasteiger charge is 2.25. The fourth-order valence-corrected chi connectivity index (χ4v) is 2.66. The molecule has 1 aliphatic carbocycles. The minimum absolute atomic E-state index is 0.189. The summed E-state index contributed by atoms with van der Waals surface area (Å²) in [7, 11) is 2.94. The van der Waals surface area contributed by atoms with Gasteiger partial charge in [-0.3, -0.25) is 13.9 Å². The summed E-state index contributed by atoms with van der Waals surface area (Å²) >= 11 is 0. The zero-order chi connectivity index (χ0) is 18.3. The van der Waals surface area contributed by atoms with Crippen molar-refractivity contribution in [3.63, 3.8) is 0 Å². The third kappa shape index (κ3) is 3.22. The maximum atomic E-state index is 14.2. The Bertz CT molecular complexity index is 970. The fourth-order valence-electron chi connectivity index (χ4n) is 2.66. The van der Waals surface area contributed by atoms with E-state index in [4.69, 9.17) is 0 Å². The monoisotopic (exact) mass is 344 g/mol. The third-order valence-corrected chi connectivity index (χ3v) is 4.30. The molecule has 7 heteroatoms. The predicted octanol–water partition coefficient (Wildman–Crippen LogP) is 2.00. The molecule has 0 unspecified atom stereocenters. The SMILES string of the molecule is C=C(NC1CC1)c1c(Nc2ccc(C)cc2F)n(C)c(=O)n(C)c1=O. The second kappa shape index (κ2) is 6.23. The predicted molar refractivity (Wildman–Crippen MR) is 96.5 cm³/mol. The van der Waals surface area contributed by atoms with Crippen molar-refractivity contribution in [2.24, 2.45) is 14.1 Å². The van der Waals surface area contributed by atoms with E-state index in [-0.39, 0.29) is 17.1 Å². The Labute approximate surface area is 144 Å². The average molecular weight is 344 g/mol. The van der Waals surface area contributed by atoms with Crippen molar-refractivity contribution >= 4 is 17.2 Å². The largest absolute Gasteiger partial charge is 0.382 e. The first-order valence-corrected chi connectivity index (χ1v) is 8.08. The van der Waals surface area contributed by atoms with Gasteiger partial charge in [0, 0.05) is 25.8 Å². The third-order valence-electron chi connectivity index (χ3n) is 4.30. The second-order valence-corrected chi connectivity index (χ2v) is 6.43. The molecule has 0 radical (unpaired) electrons. The number of rotatable bonds is 5. The molecule has 0 bridgehead atoms. The van der Waals surface area contributed by atoms with Crippen LogP contribution in [0.25, 0.3) is 5.70 Å². The zero-order valence-corrected chi connectivity index (χ0v) is 14.5. The Kier molecular flexibility index (Phi) is 4.24. The highest BCUT2D eigenvalue weighted by Crippen LogP contribution is 2.26. The maximum Gasteiger partial charge on any atom is 0.332 e. The molecule has 132 valence electrons. The summed E-state index contributed by atoms with van der Waals surface area (Å²) in [6, 6.07) is 5.01. The quantitative estimate of drug-likeness (QED) is 0.871. The number of aryl methyl sites for hydroxylation is 1. The van der Waals surface area contributed by atoms with Crippen molar-refractivity contribution < 1.29 is 4.39 Å². The lowest BCUT2D eigenvalue weighted by Gasteiger charge is -2.19. The van der Waals surface area contributed by atoms with Crippen LogP contribution in [0.5, 0.6) is 0 Å². The van der Waals surface area contributed by atoms with E-state index in [9.17, 15) is 14.0 Å². The topological polar surface area (TPSA) is 68.1 Å². The van der Waals surface area contributed by atoms with E-state index in [1.165, 1.54) is 24.7 Å². The van der Waals surface area contributed by atoms with Gasteiger partial charge < -0.3 is 10.6 Å². The van der Waals surface area contributed by atoms with Gasteiger partial charge in [0.25, 0.3) is 5.56 Å². The van der Waals surface area contributed by atoms with Crippen LogP contribution in [0, 0.1) is 12.7 Å². The van der Waals surface area contributed by atoms with Crippen molar-refractivity contribution in [2.75, 3.05) is 5.32 Å². The lowest BCUT2D eigenvalue weighted by molar-refractivity contribution is 0.629. The molecule has 0 spiro atoms. The minimum Gasteiger partial charge on any atom is -0.382 e. The Hall–Kier alpha value is -2.83. The number of benzene rings is 1. The highest BCUT2D eigenvalue weighted by atomic mass is 19.1. The molecule has 25 heavy (non-hydrogen) atoms. The molecular weight excluding hydrogens is 323 g/mol. The number of aromatic nitrogens is 2. The van der Waals surface area contributed by atoms with Crippen LogP contribution in [0.4, 0.5) is 15.9 Å². The van der Waals surface area contributed by atoms with E-state index in [2.05, 4.69) is 17.2 Å². The van der Waals surface area contributed by atoms with Gasteiger partial charge in [-0.05, 0) is 37.5 Å². The average Bonchev–Trinajstić information content (AvgIpc) is 3.36. The van der Waals surface area contributed by atoms with Crippen molar-refractivity contribution in [2.45, 2.75) is 25.8 Å². The van der Waals surface area contributed by atoms with E-state index < -0.39 is 17.1 Å². The van der Waals surface area contributed by atoms with Gasteiger partial charge in [-0.1, -0.05) is 12.6 Å². The van der Waals surface area contributed by atoms with Crippen LogP contribution in [0.2, 0.25) is 0 Å². The number of nitrogens with one attached hydrogen (secondary N) is 2. The van der Waals surface area contributed by atoms with Crippen LogP contribution in [0.3, 0.4) is 0 Å². The summed E-state index contributed by atoms with van der Waals surface area (Å²) in [5.74, 6) is -0.242. The fraction of sp³-hybridized carbons (Fsp3) is 0.333. The molecule has 0 saturated heterocycles. The normalized spacial score (nSPS) is 13.6. The Morgan fingerprint density at radius 3 is 2.52 bits per heavy atom.